The number of aromatic amines is 1. The molecule has 0 spiro atoms. The summed E-state index contributed by atoms with van der Waals surface area (Å²) in [4.78, 5) is 17.7. The van der Waals surface area contributed by atoms with Gasteiger partial charge in [0.05, 0.1) is 29.2 Å². The van der Waals surface area contributed by atoms with E-state index in [0.29, 0.717) is 0 Å². The smallest absolute Gasteiger partial charge is 0.157 e. The van der Waals surface area contributed by atoms with E-state index in [1.165, 1.54) is 0 Å². The molecule has 6 rings (SSSR count). The highest BCUT2D eigenvalue weighted by atomic mass is 16.5. The fourth-order valence-corrected chi connectivity index (χ4v) is 4.24. The number of nitrogens with zero attached hydrogens (tertiary/aromatic N) is 3. The number of methoxy groups -OCH3 is 2. The summed E-state index contributed by atoms with van der Waals surface area (Å²) in [6.45, 7) is 0. The standard InChI is InChI=1S/C24H19N5O2/c1-30-14-7-8-18-13(11-14)12-17(24(27-18)31-2)23-28-21-15-5-3-9-25-19(15)20-16(22(21)29-23)6-4-10-26-20/h3-12,24,27H,1-2H3,(H,28,29). The Morgan fingerprint density at radius 3 is 2.45 bits per heavy atom. The molecule has 0 radical (unpaired) electrons. The fraction of sp³-hybridized carbons (Fsp3) is 0.125. The number of rotatable bonds is 3. The maximum Gasteiger partial charge on any atom is 0.157 e. The molecule has 1 aliphatic rings. The van der Waals surface area contributed by atoms with Gasteiger partial charge in [0.15, 0.2) is 6.23 Å². The van der Waals surface area contributed by atoms with Crippen LogP contribution in [0.3, 0.4) is 0 Å². The molecule has 0 saturated carbocycles. The van der Waals surface area contributed by atoms with Gasteiger partial charge in [-0.3, -0.25) is 9.97 Å². The first-order chi connectivity index (χ1) is 15.3. The third-order valence-corrected chi connectivity index (χ3v) is 5.72. The molecule has 3 aromatic heterocycles. The minimum Gasteiger partial charge on any atom is -0.497 e. The maximum absolute atomic E-state index is 5.75. The van der Waals surface area contributed by atoms with E-state index in [1.54, 1.807) is 26.6 Å². The largest absolute Gasteiger partial charge is 0.497 e. The number of hydrogen-bond donors (Lipinski definition) is 2. The molecule has 31 heavy (non-hydrogen) atoms. The number of imidazole rings is 1. The average Bonchev–Trinajstić information content (AvgIpc) is 3.29. The minimum atomic E-state index is -0.338. The second-order valence-corrected chi connectivity index (χ2v) is 7.42. The first-order valence-electron chi connectivity index (χ1n) is 9.97. The van der Waals surface area contributed by atoms with Crippen molar-refractivity contribution in [2.24, 2.45) is 0 Å². The van der Waals surface area contributed by atoms with Gasteiger partial charge in [0.1, 0.15) is 11.6 Å². The number of aromatic nitrogens is 4. The highest BCUT2D eigenvalue weighted by Crippen LogP contribution is 2.37. The van der Waals surface area contributed by atoms with Crippen LogP contribution in [0.15, 0.2) is 54.9 Å². The van der Waals surface area contributed by atoms with Crippen LogP contribution in [0.5, 0.6) is 5.75 Å². The van der Waals surface area contributed by atoms with E-state index in [9.17, 15) is 0 Å². The molecule has 1 atom stereocenters. The van der Waals surface area contributed by atoms with Crippen LogP contribution < -0.4 is 10.1 Å². The third kappa shape index (κ3) is 2.67. The summed E-state index contributed by atoms with van der Waals surface area (Å²) < 4.78 is 11.1. The van der Waals surface area contributed by atoms with Gasteiger partial charge in [-0.15, -0.1) is 0 Å². The lowest BCUT2D eigenvalue weighted by molar-refractivity contribution is 0.169. The summed E-state index contributed by atoms with van der Waals surface area (Å²) in [5, 5.41) is 5.39. The van der Waals surface area contributed by atoms with Crippen LogP contribution in [-0.2, 0) is 4.74 Å². The number of hydrogen-bond acceptors (Lipinski definition) is 6. The molecular weight excluding hydrogens is 390 g/mol. The summed E-state index contributed by atoms with van der Waals surface area (Å²) in [6, 6.07) is 13.8. The van der Waals surface area contributed by atoms with E-state index in [-0.39, 0.29) is 6.23 Å². The van der Waals surface area contributed by atoms with Crippen molar-refractivity contribution in [1.82, 2.24) is 19.9 Å². The minimum absolute atomic E-state index is 0.338. The number of fused-ring (bicyclic) bond motifs is 7. The Balaban J connectivity index is 1.63. The molecule has 7 nitrogen and oxygen atoms in total. The normalized spacial score (nSPS) is 15.7. The zero-order chi connectivity index (χ0) is 20.9. The van der Waals surface area contributed by atoms with Gasteiger partial charge in [-0.25, -0.2) is 4.98 Å². The molecule has 1 unspecified atom stereocenters. The molecule has 0 saturated heterocycles. The average molecular weight is 409 g/mol. The number of nitrogens with one attached hydrogen (secondary N) is 2. The lowest BCUT2D eigenvalue weighted by atomic mass is 10.0. The van der Waals surface area contributed by atoms with Crippen LogP contribution in [0.25, 0.3) is 44.5 Å². The van der Waals surface area contributed by atoms with Crippen molar-refractivity contribution in [3.05, 3.63) is 66.2 Å². The lowest BCUT2D eigenvalue weighted by Gasteiger charge is -2.26. The number of ether oxygens (including phenoxy) is 2. The summed E-state index contributed by atoms with van der Waals surface area (Å²) in [7, 11) is 3.35. The van der Waals surface area contributed by atoms with Crippen LogP contribution in [0.2, 0.25) is 0 Å². The Bertz CT molecular complexity index is 1430. The van der Waals surface area contributed by atoms with Gasteiger partial charge >= 0.3 is 0 Å². The lowest BCUT2D eigenvalue weighted by Crippen LogP contribution is -2.26. The third-order valence-electron chi connectivity index (χ3n) is 5.72. The van der Waals surface area contributed by atoms with Crippen molar-refractivity contribution < 1.29 is 9.47 Å². The molecule has 2 aromatic carbocycles. The van der Waals surface area contributed by atoms with E-state index in [1.807, 2.05) is 42.5 Å². The van der Waals surface area contributed by atoms with Gasteiger partial charge < -0.3 is 19.8 Å². The first-order valence-corrected chi connectivity index (χ1v) is 9.97. The number of pyridine rings is 2. The van der Waals surface area contributed by atoms with Crippen molar-refractivity contribution in [2.45, 2.75) is 6.23 Å². The van der Waals surface area contributed by atoms with E-state index < -0.39 is 0 Å². The Morgan fingerprint density at radius 2 is 1.68 bits per heavy atom. The van der Waals surface area contributed by atoms with Crippen molar-refractivity contribution in [2.75, 3.05) is 19.5 Å². The van der Waals surface area contributed by atoms with Crippen molar-refractivity contribution in [1.29, 1.82) is 0 Å². The monoisotopic (exact) mass is 409 g/mol. The molecule has 0 aliphatic carbocycles. The molecule has 4 heterocycles. The second kappa shape index (κ2) is 6.78. The van der Waals surface area contributed by atoms with Crippen LogP contribution >= 0.6 is 0 Å². The number of anilines is 1. The SMILES string of the molecule is COc1ccc2c(c1)C=C(c1nc3c4cccnc4c4ncccc4c3[nH]1)C(OC)N2. The van der Waals surface area contributed by atoms with E-state index in [0.717, 1.165) is 61.2 Å². The highest BCUT2D eigenvalue weighted by molar-refractivity contribution is 6.21. The summed E-state index contributed by atoms with van der Waals surface area (Å²) >= 11 is 0. The summed E-state index contributed by atoms with van der Waals surface area (Å²) in [5.74, 6) is 1.54. The van der Waals surface area contributed by atoms with Gasteiger partial charge in [-0.05, 0) is 48.5 Å². The zero-order valence-electron chi connectivity index (χ0n) is 17.0. The predicted octanol–water partition coefficient (Wildman–Crippen LogP) is 4.61. The maximum atomic E-state index is 5.75. The molecule has 0 bridgehead atoms. The van der Waals surface area contributed by atoms with Crippen molar-refractivity contribution in [3.63, 3.8) is 0 Å². The summed E-state index contributed by atoms with van der Waals surface area (Å²) in [5.41, 5.74) is 6.41. The van der Waals surface area contributed by atoms with Crippen molar-refractivity contribution in [3.8, 4) is 5.75 Å². The Morgan fingerprint density at radius 1 is 0.903 bits per heavy atom. The molecular formula is C24H19N5O2. The van der Waals surface area contributed by atoms with Gasteiger partial charge in [-0.1, -0.05) is 0 Å². The first kappa shape index (κ1) is 17.9. The highest BCUT2D eigenvalue weighted by Gasteiger charge is 2.25. The Labute approximate surface area is 177 Å². The van der Waals surface area contributed by atoms with Gasteiger partial charge in [0.25, 0.3) is 0 Å². The zero-order valence-corrected chi connectivity index (χ0v) is 17.0. The van der Waals surface area contributed by atoms with E-state index in [2.05, 4.69) is 26.3 Å². The van der Waals surface area contributed by atoms with Crippen LogP contribution in [0.1, 0.15) is 11.4 Å². The second-order valence-electron chi connectivity index (χ2n) is 7.42. The van der Waals surface area contributed by atoms with E-state index in [4.69, 9.17) is 14.5 Å². The topological polar surface area (TPSA) is 85.0 Å². The van der Waals surface area contributed by atoms with Gasteiger partial charge in [-0.2, -0.15) is 0 Å². The Hall–Kier alpha value is -3.97. The van der Waals surface area contributed by atoms with Crippen molar-refractivity contribution >= 4 is 50.2 Å². The molecule has 152 valence electrons. The van der Waals surface area contributed by atoms with Gasteiger partial charge in [0, 0.05) is 47.1 Å². The van der Waals surface area contributed by atoms with Gasteiger partial charge in [0.2, 0.25) is 0 Å². The number of H-pyrrole nitrogens is 1. The summed E-state index contributed by atoms with van der Waals surface area (Å²) in [6.07, 6.45) is 5.32. The Kier molecular flexibility index (Phi) is 3.91. The fourth-order valence-electron chi connectivity index (χ4n) is 4.24. The van der Waals surface area contributed by atoms with Crippen LogP contribution in [0, 0.1) is 0 Å². The molecule has 2 N–H and O–H groups in total. The molecule has 0 amide bonds. The molecule has 1 aliphatic heterocycles. The molecule has 7 heteroatoms. The number of benzene rings is 2. The predicted molar refractivity (Wildman–Crippen MR) is 122 cm³/mol. The molecule has 5 aromatic rings. The van der Waals surface area contributed by atoms with E-state index >= 15 is 0 Å². The quantitative estimate of drug-likeness (QED) is 0.424. The van der Waals surface area contributed by atoms with Crippen LogP contribution in [-0.4, -0.2) is 40.4 Å². The van der Waals surface area contributed by atoms with Crippen LogP contribution in [0.4, 0.5) is 5.69 Å². The molecule has 0 fully saturated rings.